The minimum atomic E-state index is -0.222. The number of halogens is 1. The van der Waals surface area contributed by atoms with E-state index in [0.29, 0.717) is 16.5 Å². The van der Waals surface area contributed by atoms with Crippen molar-refractivity contribution in [2.75, 3.05) is 11.9 Å². The first-order chi connectivity index (χ1) is 8.18. The van der Waals surface area contributed by atoms with E-state index in [4.69, 9.17) is 11.6 Å². The van der Waals surface area contributed by atoms with Gasteiger partial charge in [0.05, 0.1) is 11.9 Å². The molecule has 0 aliphatic rings. The summed E-state index contributed by atoms with van der Waals surface area (Å²) in [4.78, 5) is 21.5. The van der Waals surface area contributed by atoms with Gasteiger partial charge in [0.1, 0.15) is 10.8 Å². The van der Waals surface area contributed by atoms with Crippen LogP contribution in [0.25, 0.3) is 0 Å². The fraction of sp³-hybridized carbons (Fsp3) is 0.0833. The summed E-state index contributed by atoms with van der Waals surface area (Å²) in [7, 11) is 1.67. The fourth-order valence-corrected chi connectivity index (χ4v) is 1.53. The first-order valence-electron chi connectivity index (χ1n) is 4.99. The van der Waals surface area contributed by atoms with Gasteiger partial charge in [-0.3, -0.25) is 9.78 Å². The van der Waals surface area contributed by atoms with Crippen LogP contribution in [0.2, 0.25) is 5.15 Å². The van der Waals surface area contributed by atoms with Crippen molar-refractivity contribution in [3.8, 4) is 0 Å². The quantitative estimate of drug-likeness (QED) is 0.766. The number of hydrogen-bond acceptors (Lipinski definition) is 3. The Labute approximate surface area is 104 Å². The minimum absolute atomic E-state index is 0.222. The van der Waals surface area contributed by atoms with Crippen LogP contribution < -0.4 is 4.90 Å². The van der Waals surface area contributed by atoms with Crippen LogP contribution in [-0.2, 0) is 0 Å². The standard InChI is InChI=1S/C12H10ClN3O/c1-16(9-4-3-7-14-8-9)12(17)10-5-2-6-11(13)15-10/h2-8H,1H3. The Morgan fingerprint density at radius 3 is 2.76 bits per heavy atom. The predicted octanol–water partition coefficient (Wildman–Crippen LogP) is 2.41. The summed E-state index contributed by atoms with van der Waals surface area (Å²) in [6.07, 6.45) is 3.27. The van der Waals surface area contributed by atoms with Crippen molar-refractivity contribution in [1.29, 1.82) is 0 Å². The topological polar surface area (TPSA) is 46.1 Å². The molecule has 1 amide bonds. The number of rotatable bonds is 2. The molecule has 0 radical (unpaired) electrons. The number of pyridine rings is 2. The number of aromatic nitrogens is 2. The molecule has 2 rings (SSSR count). The van der Waals surface area contributed by atoms with Crippen molar-refractivity contribution in [3.05, 3.63) is 53.6 Å². The minimum Gasteiger partial charge on any atom is -0.309 e. The van der Waals surface area contributed by atoms with E-state index in [1.807, 2.05) is 0 Å². The molecule has 0 unspecified atom stereocenters. The number of carbonyl (C=O) groups is 1. The highest BCUT2D eigenvalue weighted by molar-refractivity contribution is 6.29. The molecule has 2 heterocycles. The van der Waals surface area contributed by atoms with Crippen LogP contribution in [0.3, 0.4) is 0 Å². The van der Waals surface area contributed by atoms with Gasteiger partial charge < -0.3 is 4.90 Å². The Bertz CT molecular complexity index is 530. The highest BCUT2D eigenvalue weighted by Crippen LogP contribution is 2.13. The van der Waals surface area contributed by atoms with Gasteiger partial charge in [0.15, 0.2) is 0 Å². The second-order valence-electron chi connectivity index (χ2n) is 3.42. The molecule has 0 saturated heterocycles. The number of amides is 1. The van der Waals surface area contributed by atoms with Gasteiger partial charge in [0, 0.05) is 13.2 Å². The molecule has 0 spiro atoms. The van der Waals surface area contributed by atoms with E-state index in [1.165, 1.54) is 4.90 Å². The summed E-state index contributed by atoms with van der Waals surface area (Å²) >= 11 is 5.75. The Balaban J connectivity index is 2.27. The maximum atomic E-state index is 12.1. The molecule has 0 aliphatic heterocycles. The fourth-order valence-electron chi connectivity index (χ4n) is 1.37. The third-order valence-corrected chi connectivity index (χ3v) is 2.48. The second kappa shape index (κ2) is 4.93. The van der Waals surface area contributed by atoms with E-state index < -0.39 is 0 Å². The average Bonchev–Trinajstić information content (AvgIpc) is 2.38. The van der Waals surface area contributed by atoms with Crippen LogP contribution in [-0.4, -0.2) is 22.9 Å². The maximum Gasteiger partial charge on any atom is 0.276 e. The highest BCUT2D eigenvalue weighted by atomic mass is 35.5. The molecule has 17 heavy (non-hydrogen) atoms. The maximum absolute atomic E-state index is 12.1. The molecule has 0 aliphatic carbocycles. The molecular weight excluding hydrogens is 238 g/mol. The molecule has 0 aromatic carbocycles. The van der Waals surface area contributed by atoms with Crippen LogP contribution in [0, 0.1) is 0 Å². The molecule has 86 valence electrons. The monoisotopic (exact) mass is 247 g/mol. The number of nitrogens with zero attached hydrogens (tertiary/aromatic N) is 3. The largest absolute Gasteiger partial charge is 0.309 e. The zero-order valence-electron chi connectivity index (χ0n) is 9.17. The SMILES string of the molecule is CN(C(=O)c1cccc(Cl)n1)c1cccnc1. The smallest absolute Gasteiger partial charge is 0.276 e. The van der Waals surface area contributed by atoms with Crippen molar-refractivity contribution in [1.82, 2.24) is 9.97 Å². The number of carbonyl (C=O) groups excluding carboxylic acids is 1. The van der Waals surface area contributed by atoms with E-state index in [0.717, 1.165) is 0 Å². The lowest BCUT2D eigenvalue weighted by molar-refractivity contribution is 0.0988. The third-order valence-electron chi connectivity index (χ3n) is 2.27. The van der Waals surface area contributed by atoms with E-state index >= 15 is 0 Å². The van der Waals surface area contributed by atoms with Crippen LogP contribution >= 0.6 is 11.6 Å². The zero-order chi connectivity index (χ0) is 12.3. The molecule has 0 saturated carbocycles. The van der Waals surface area contributed by atoms with E-state index in [9.17, 15) is 4.79 Å². The summed E-state index contributed by atoms with van der Waals surface area (Å²) in [5.74, 6) is -0.222. The number of hydrogen-bond donors (Lipinski definition) is 0. The van der Waals surface area contributed by atoms with Gasteiger partial charge in [0.2, 0.25) is 0 Å². The van der Waals surface area contributed by atoms with Gasteiger partial charge in [-0.2, -0.15) is 0 Å². The Hall–Kier alpha value is -1.94. The molecule has 2 aromatic rings. The highest BCUT2D eigenvalue weighted by Gasteiger charge is 2.14. The van der Waals surface area contributed by atoms with Crippen molar-refractivity contribution < 1.29 is 4.79 Å². The normalized spacial score (nSPS) is 10.0. The molecule has 5 heteroatoms. The lowest BCUT2D eigenvalue weighted by Gasteiger charge is -2.16. The predicted molar refractivity (Wildman–Crippen MR) is 66.2 cm³/mol. The Morgan fingerprint density at radius 2 is 2.12 bits per heavy atom. The van der Waals surface area contributed by atoms with E-state index in [-0.39, 0.29) is 5.91 Å². The zero-order valence-corrected chi connectivity index (χ0v) is 9.93. The van der Waals surface area contributed by atoms with Gasteiger partial charge in [-0.05, 0) is 24.3 Å². The average molecular weight is 248 g/mol. The van der Waals surface area contributed by atoms with Gasteiger partial charge in [0.25, 0.3) is 5.91 Å². The molecule has 0 fully saturated rings. The van der Waals surface area contributed by atoms with Gasteiger partial charge in [-0.15, -0.1) is 0 Å². The summed E-state index contributed by atoms with van der Waals surface area (Å²) in [6.45, 7) is 0. The van der Waals surface area contributed by atoms with Crippen molar-refractivity contribution in [2.24, 2.45) is 0 Å². The molecule has 2 aromatic heterocycles. The Morgan fingerprint density at radius 1 is 1.29 bits per heavy atom. The van der Waals surface area contributed by atoms with E-state index in [2.05, 4.69) is 9.97 Å². The lowest BCUT2D eigenvalue weighted by Crippen LogP contribution is -2.27. The van der Waals surface area contributed by atoms with Crippen LogP contribution in [0.15, 0.2) is 42.7 Å². The molecule has 0 atom stereocenters. The van der Waals surface area contributed by atoms with Crippen LogP contribution in [0.1, 0.15) is 10.5 Å². The second-order valence-corrected chi connectivity index (χ2v) is 3.81. The van der Waals surface area contributed by atoms with E-state index in [1.54, 1.807) is 49.8 Å². The first-order valence-corrected chi connectivity index (χ1v) is 5.37. The van der Waals surface area contributed by atoms with Crippen molar-refractivity contribution in [2.45, 2.75) is 0 Å². The molecule has 0 bridgehead atoms. The van der Waals surface area contributed by atoms with Crippen molar-refractivity contribution >= 4 is 23.2 Å². The van der Waals surface area contributed by atoms with Gasteiger partial charge >= 0.3 is 0 Å². The summed E-state index contributed by atoms with van der Waals surface area (Å²) in [5, 5.41) is 0.301. The summed E-state index contributed by atoms with van der Waals surface area (Å²) in [5.41, 5.74) is 1.02. The van der Waals surface area contributed by atoms with Gasteiger partial charge in [-0.25, -0.2) is 4.98 Å². The Kier molecular flexibility index (Phi) is 3.35. The first kappa shape index (κ1) is 11.5. The van der Waals surface area contributed by atoms with Gasteiger partial charge in [-0.1, -0.05) is 17.7 Å². The van der Waals surface area contributed by atoms with Crippen LogP contribution in [0.4, 0.5) is 5.69 Å². The lowest BCUT2D eigenvalue weighted by atomic mass is 10.3. The summed E-state index contributed by atoms with van der Waals surface area (Å²) < 4.78 is 0. The summed E-state index contributed by atoms with van der Waals surface area (Å²) in [6, 6.07) is 8.52. The molecule has 4 nitrogen and oxygen atoms in total. The third kappa shape index (κ3) is 2.60. The molecule has 0 N–H and O–H groups in total. The van der Waals surface area contributed by atoms with Crippen molar-refractivity contribution in [3.63, 3.8) is 0 Å². The van der Waals surface area contributed by atoms with Crippen LogP contribution in [0.5, 0.6) is 0 Å². The molecular formula is C12H10ClN3O. The number of anilines is 1.